The number of hydrogen-bond acceptors (Lipinski definition) is 3. The first-order valence-corrected chi connectivity index (χ1v) is 8.43. The van der Waals surface area contributed by atoms with Gasteiger partial charge in [-0.2, -0.15) is 0 Å². The fourth-order valence-electron chi connectivity index (χ4n) is 3.26. The van der Waals surface area contributed by atoms with E-state index in [9.17, 15) is 9.59 Å². The third-order valence-electron chi connectivity index (χ3n) is 4.55. The van der Waals surface area contributed by atoms with E-state index in [1.807, 2.05) is 29.2 Å². The van der Waals surface area contributed by atoms with Crippen LogP contribution >= 0.6 is 15.9 Å². The Morgan fingerprint density at radius 2 is 2.09 bits per heavy atom. The summed E-state index contributed by atoms with van der Waals surface area (Å²) in [7, 11) is 0. The highest BCUT2D eigenvalue weighted by Gasteiger charge is 2.39. The van der Waals surface area contributed by atoms with Crippen molar-refractivity contribution in [1.29, 1.82) is 0 Å². The molecule has 5 nitrogen and oxygen atoms in total. The molecule has 0 aliphatic carbocycles. The Kier molecular flexibility index (Phi) is 4.49. The summed E-state index contributed by atoms with van der Waals surface area (Å²) >= 11 is 3.47. The van der Waals surface area contributed by atoms with E-state index in [1.165, 1.54) is 0 Å². The molecule has 2 amide bonds. The largest absolute Gasteiger partial charge is 0.342 e. The van der Waals surface area contributed by atoms with Gasteiger partial charge >= 0.3 is 0 Å². The number of anilines is 1. The molecule has 2 unspecified atom stereocenters. The molecule has 2 heterocycles. The number of nitrogens with zero attached hydrogens (tertiary/aromatic N) is 2. The molecular weight excluding hydrogens is 346 g/mol. The van der Waals surface area contributed by atoms with Gasteiger partial charge < -0.3 is 15.5 Å². The minimum Gasteiger partial charge on any atom is -0.342 e. The lowest BCUT2D eigenvalue weighted by atomic mass is 10.1. The van der Waals surface area contributed by atoms with Gasteiger partial charge in [0.25, 0.3) is 0 Å². The second-order valence-corrected chi connectivity index (χ2v) is 6.89. The molecule has 0 aromatic heterocycles. The monoisotopic (exact) mass is 365 g/mol. The number of amides is 2. The van der Waals surface area contributed by atoms with Crippen molar-refractivity contribution in [1.82, 2.24) is 4.90 Å². The predicted octanol–water partition coefficient (Wildman–Crippen LogP) is 1.61. The van der Waals surface area contributed by atoms with Gasteiger partial charge in [-0.05, 0) is 46.9 Å². The number of nitrogens with two attached hydrogens (primary N) is 1. The summed E-state index contributed by atoms with van der Waals surface area (Å²) in [6.07, 6.45) is 1.26. The van der Waals surface area contributed by atoms with Gasteiger partial charge in [-0.1, -0.05) is 12.1 Å². The highest BCUT2D eigenvalue weighted by atomic mass is 79.9. The van der Waals surface area contributed by atoms with Gasteiger partial charge in [0.15, 0.2) is 0 Å². The van der Waals surface area contributed by atoms with E-state index < -0.39 is 0 Å². The smallest absolute Gasteiger partial charge is 0.228 e. The van der Waals surface area contributed by atoms with Crippen LogP contribution in [-0.4, -0.2) is 42.9 Å². The van der Waals surface area contributed by atoms with E-state index in [1.54, 1.807) is 4.90 Å². The maximum atomic E-state index is 12.6. The van der Waals surface area contributed by atoms with Gasteiger partial charge in [0.05, 0.1) is 11.6 Å². The molecule has 0 radical (unpaired) electrons. The van der Waals surface area contributed by atoms with Crippen LogP contribution in [0.15, 0.2) is 28.7 Å². The van der Waals surface area contributed by atoms with Crippen molar-refractivity contribution in [3.05, 3.63) is 28.7 Å². The third kappa shape index (κ3) is 2.90. The Bertz CT molecular complexity index is 593. The van der Waals surface area contributed by atoms with E-state index in [2.05, 4.69) is 15.9 Å². The molecule has 1 aromatic rings. The second kappa shape index (κ2) is 6.38. The molecule has 0 bridgehead atoms. The van der Waals surface area contributed by atoms with Crippen LogP contribution in [0.4, 0.5) is 5.69 Å². The third-order valence-corrected chi connectivity index (χ3v) is 5.22. The molecular formula is C16H20BrN3O2. The Labute approximate surface area is 138 Å². The first-order valence-electron chi connectivity index (χ1n) is 7.64. The average molecular weight is 366 g/mol. The fraction of sp³-hybridized carbons (Fsp3) is 0.500. The molecule has 2 atom stereocenters. The Hall–Kier alpha value is -1.40. The second-order valence-electron chi connectivity index (χ2n) is 6.03. The standard InChI is InChI=1S/C16H20BrN3O2/c17-13-3-1-2-4-14(13)20-10-12(7-15(20)21)16(22)19-6-5-11(8-18)9-19/h1-4,11-12H,5-10,18H2. The van der Waals surface area contributed by atoms with Crippen molar-refractivity contribution in [2.24, 2.45) is 17.6 Å². The van der Waals surface area contributed by atoms with Crippen molar-refractivity contribution >= 4 is 33.4 Å². The van der Waals surface area contributed by atoms with Crippen LogP contribution in [0.3, 0.4) is 0 Å². The van der Waals surface area contributed by atoms with Crippen LogP contribution in [-0.2, 0) is 9.59 Å². The average Bonchev–Trinajstić information content (AvgIpc) is 3.14. The van der Waals surface area contributed by atoms with Crippen molar-refractivity contribution in [2.75, 3.05) is 31.1 Å². The van der Waals surface area contributed by atoms with Gasteiger partial charge in [0, 0.05) is 30.5 Å². The summed E-state index contributed by atoms with van der Waals surface area (Å²) in [5, 5.41) is 0. The maximum absolute atomic E-state index is 12.6. The molecule has 2 aliphatic rings. The lowest BCUT2D eigenvalue weighted by molar-refractivity contribution is -0.134. The van der Waals surface area contributed by atoms with Crippen LogP contribution in [0, 0.1) is 11.8 Å². The number of carbonyl (C=O) groups is 2. The molecule has 2 N–H and O–H groups in total. The lowest BCUT2D eigenvalue weighted by Gasteiger charge is -2.21. The van der Waals surface area contributed by atoms with Crippen LogP contribution < -0.4 is 10.6 Å². The van der Waals surface area contributed by atoms with Gasteiger partial charge in [-0.15, -0.1) is 0 Å². The summed E-state index contributed by atoms with van der Waals surface area (Å²) < 4.78 is 0.876. The highest BCUT2D eigenvalue weighted by molar-refractivity contribution is 9.10. The number of rotatable bonds is 3. The minimum atomic E-state index is -0.240. The van der Waals surface area contributed by atoms with E-state index in [0.29, 0.717) is 25.4 Å². The molecule has 2 fully saturated rings. The predicted molar refractivity (Wildman–Crippen MR) is 88.3 cm³/mol. The quantitative estimate of drug-likeness (QED) is 0.884. The first kappa shape index (κ1) is 15.5. The number of likely N-dealkylation sites (tertiary alicyclic amines) is 1. The Morgan fingerprint density at radius 1 is 1.32 bits per heavy atom. The zero-order valence-electron chi connectivity index (χ0n) is 12.4. The molecule has 0 saturated carbocycles. The molecule has 118 valence electrons. The highest BCUT2D eigenvalue weighted by Crippen LogP contribution is 2.32. The summed E-state index contributed by atoms with van der Waals surface area (Å²) in [5.74, 6) is 0.273. The number of halogens is 1. The van der Waals surface area contributed by atoms with E-state index in [-0.39, 0.29) is 17.7 Å². The zero-order chi connectivity index (χ0) is 15.7. The molecule has 1 aromatic carbocycles. The van der Waals surface area contributed by atoms with Crippen molar-refractivity contribution < 1.29 is 9.59 Å². The summed E-state index contributed by atoms with van der Waals surface area (Å²) in [6, 6.07) is 7.61. The molecule has 0 spiro atoms. The Balaban J connectivity index is 1.70. The van der Waals surface area contributed by atoms with Crippen molar-refractivity contribution in [2.45, 2.75) is 12.8 Å². The van der Waals surface area contributed by atoms with Crippen molar-refractivity contribution in [3.63, 3.8) is 0 Å². The molecule has 2 aliphatic heterocycles. The Morgan fingerprint density at radius 3 is 2.77 bits per heavy atom. The van der Waals surface area contributed by atoms with E-state index >= 15 is 0 Å². The van der Waals surface area contributed by atoms with Crippen LogP contribution in [0.1, 0.15) is 12.8 Å². The summed E-state index contributed by atoms with van der Waals surface area (Å²) in [4.78, 5) is 28.5. The topological polar surface area (TPSA) is 66.6 Å². The van der Waals surface area contributed by atoms with Crippen LogP contribution in [0.5, 0.6) is 0 Å². The first-order chi connectivity index (χ1) is 10.6. The van der Waals surface area contributed by atoms with Crippen molar-refractivity contribution in [3.8, 4) is 0 Å². The van der Waals surface area contributed by atoms with E-state index in [0.717, 1.165) is 29.7 Å². The number of hydrogen-bond donors (Lipinski definition) is 1. The lowest BCUT2D eigenvalue weighted by Crippen LogP contribution is -2.36. The van der Waals surface area contributed by atoms with Gasteiger partial charge in [-0.3, -0.25) is 9.59 Å². The SMILES string of the molecule is NCC1CCN(C(=O)C2CC(=O)N(c3ccccc3Br)C2)C1. The van der Waals surface area contributed by atoms with Crippen LogP contribution in [0.25, 0.3) is 0 Å². The summed E-state index contributed by atoms with van der Waals surface area (Å²) in [6.45, 7) is 2.58. The number of carbonyl (C=O) groups excluding carboxylic acids is 2. The number of benzene rings is 1. The molecule has 6 heteroatoms. The molecule has 3 rings (SSSR count). The normalized spacial score (nSPS) is 25.1. The fourth-order valence-corrected chi connectivity index (χ4v) is 3.76. The summed E-state index contributed by atoms with van der Waals surface area (Å²) in [5.41, 5.74) is 6.52. The minimum absolute atomic E-state index is 0.0137. The number of para-hydroxylation sites is 1. The zero-order valence-corrected chi connectivity index (χ0v) is 14.0. The van der Waals surface area contributed by atoms with Gasteiger partial charge in [0.2, 0.25) is 11.8 Å². The van der Waals surface area contributed by atoms with Gasteiger partial charge in [-0.25, -0.2) is 0 Å². The van der Waals surface area contributed by atoms with Crippen LogP contribution in [0.2, 0.25) is 0 Å². The maximum Gasteiger partial charge on any atom is 0.228 e. The van der Waals surface area contributed by atoms with E-state index in [4.69, 9.17) is 5.73 Å². The van der Waals surface area contributed by atoms with Gasteiger partial charge in [0.1, 0.15) is 0 Å². The molecule has 2 saturated heterocycles. The molecule has 22 heavy (non-hydrogen) atoms.